The third-order valence-corrected chi connectivity index (χ3v) is 3.99. The van der Waals surface area contributed by atoms with Crippen molar-refractivity contribution in [3.8, 4) is 11.8 Å². The molecule has 6 nitrogen and oxygen atoms in total. The summed E-state index contributed by atoms with van der Waals surface area (Å²) in [4.78, 5) is 12.5. The normalized spacial score (nSPS) is 11.4. The summed E-state index contributed by atoms with van der Waals surface area (Å²) in [6, 6.07) is 20.4. The first-order valence-corrected chi connectivity index (χ1v) is 8.61. The molecule has 136 valence electrons. The maximum Gasteiger partial charge on any atom is 0.266 e. The van der Waals surface area contributed by atoms with Crippen molar-refractivity contribution in [2.75, 3.05) is 5.32 Å². The molecular weight excluding hydrogens is 340 g/mol. The van der Waals surface area contributed by atoms with E-state index in [4.69, 9.17) is 10.00 Å². The molecule has 1 aromatic heterocycles. The number of rotatable bonds is 6. The SMILES string of the molecule is Cc1cc(NC(=O)C(C)Oc2ccc(C#N)cc2)n(Cc2ccccc2)n1. The molecule has 27 heavy (non-hydrogen) atoms. The summed E-state index contributed by atoms with van der Waals surface area (Å²) in [7, 11) is 0. The highest BCUT2D eigenvalue weighted by Gasteiger charge is 2.17. The van der Waals surface area contributed by atoms with E-state index in [0.29, 0.717) is 23.7 Å². The summed E-state index contributed by atoms with van der Waals surface area (Å²) < 4.78 is 7.42. The Balaban J connectivity index is 1.67. The van der Waals surface area contributed by atoms with E-state index < -0.39 is 6.10 Å². The fourth-order valence-corrected chi connectivity index (χ4v) is 2.62. The number of nitrogens with zero attached hydrogens (tertiary/aromatic N) is 3. The summed E-state index contributed by atoms with van der Waals surface area (Å²) in [6.45, 7) is 4.13. The first-order valence-electron chi connectivity index (χ1n) is 8.61. The van der Waals surface area contributed by atoms with Gasteiger partial charge in [0.1, 0.15) is 11.6 Å². The van der Waals surface area contributed by atoms with Gasteiger partial charge in [0.15, 0.2) is 6.10 Å². The Bertz CT molecular complexity index is 956. The minimum atomic E-state index is -0.696. The highest BCUT2D eigenvalue weighted by molar-refractivity contribution is 5.93. The van der Waals surface area contributed by atoms with E-state index in [2.05, 4.69) is 10.4 Å². The van der Waals surface area contributed by atoms with Crippen molar-refractivity contribution in [2.45, 2.75) is 26.5 Å². The molecule has 0 fully saturated rings. The van der Waals surface area contributed by atoms with Gasteiger partial charge >= 0.3 is 0 Å². The molecule has 0 aliphatic rings. The molecule has 3 rings (SSSR count). The molecule has 3 aromatic rings. The fraction of sp³-hybridized carbons (Fsp3) is 0.190. The van der Waals surface area contributed by atoms with Crippen molar-refractivity contribution >= 4 is 11.7 Å². The van der Waals surface area contributed by atoms with E-state index in [0.717, 1.165) is 11.3 Å². The number of anilines is 1. The van der Waals surface area contributed by atoms with Crippen LogP contribution >= 0.6 is 0 Å². The number of hydrogen-bond donors (Lipinski definition) is 1. The van der Waals surface area contributed by atoms with Crippen LogP contribution in [0.1, 0.15) is 23.7 Å². The molecule has 0 bridgehead atoms. The Morgan fingerprint density at radius 1 is 1.22 bits per heavy atom. The number of carbonyl (C=O) groups is 1. The molecule has 1 heterocycles. The number of amides is 1. The van der Waals surface area contributed by atoms with Crippen molar-refractivity contribution in [3.63, 3.8) is 0 Å². The lowest BCUT2D eigenvalue weighted by Gasteiger charge is -2.15. The lowest BCUT2D eigenvalue weighted by molar-refractivity contribution is -0.122. The lowest BCUT2D eigenvalue weighted by Crippen LogP contribution is -2.31. The number of aryl methyl sites for hydroxylation is 1. The van der Waals surface area contributed by atoms with E-state index in [9.17, 15) is 4.79 Å². The lowest BCUT2D eigenvalue weighted by atomic mass is 10.2. The Morgan fingerprint density at radius 2 is 1.93 bits per heavy atom. The largest absolute Gasteiger partial charge is 0.481 e. The summed E-state index contributed by atoms with van der Waals surface area (Å²) in [5, 5.41) is 16.2. The maximum atomic E-state index is 12.5. The topological polar surface area (TPSA) is 79.9 Å². The molecule has 0 saturated carbocycles. The third-order valence-electron chi connectivity index (χ3n) is 3.99. The van der Waals surface area contributed by atoms with Crippen LogP contribution in [-0.4, -0.2) is 21.8 Å². The molecule has 0 aliphatic carbocycles. The van der Waals surface area contributed by atoms with Gasteiger partial charge in [-0.2, -0.15) is 10.4 Å². The van der Waals surface area contributed by atoms with Crippen molar-refractivity contribution in [2.24, 2.45) is 0 Å². The van der Waals surface area contributed by atoms with Gasteiger partial charge in [0.25, 0.3) is 5.91 Å². The fourth-order valence-electron chi connectivity index (χ4n) is 2.62. The molecule has 1 atom stereocenters. The second-order valence-electron chi connectivity index (χ2n) is 6.20. The number of nitriles is 1. The second kappa shape index (κ2) is 8.19. The van der Waals surface area contributed by atoms with Crippen LogP contribution in [0.5, 0.6) is 5.75 Å². The van der Waals surface area contributed by atoms with Gasteiger partial charge in [0, 0.05) is 6.07 Å². The van der Waals surface area contributed by atoms with E-state index in [1.165, 1.54) is 0 Å². The zero-order chi connectivity index (χ0) is 19.2. The number of carbonyl (C=O) groups excluding carboxylic acids is 1. The predicted octanol–water partition coefficient (Wildman–Crippen LogP) is 3.52. The van der Waals surface area contributed by atoms with Crippen LogP contribution in [0.4, 0.5) is 5.82 Å². The van der Waals surface area contributed by atoms with Crippen LogP contribution in [0.25, 0.3) is 0 Å². The van der Waals surface area contributed by atoms with Gasteiger partial charge in [0.2, 0.25) is 0 Å². The number of ether oxygens (including phenoxy) is 1. The molecule has 6 heteroatoms. The summed E-state index contributed by atoms with van der Waals surface area (Å²) in [5.74, 6) is 0.885. The van der Waals surface area contributed by atoms with Gasteiger partial charge in [-0.25, -0.2) is 4.68 Å². The van der Waals surface area contributed by atoms with Crippen molar-refractivity contribution < 1.29 is 9.53 Å². The van der Waals surface area contributed by atoms with Gasteiger partial charge in [0.05, 0.1) is 23.9 Å². The molecule has 0 saturated heterocycles. The van der Waals surface area contributed by atoms with Gasteiger partial charge in [-0.15, -0.1) is 0 Å². The summed E-state index contributed by atoms with van der Waals surface area (Å²) in [6.07, 6.45) is -0.696. The Labute approximate surface area is 158 Å². The molecule has 1 amide bonds. The van der Waals surface area contributed by atoms with E-state index in [1.54, 1.807) is 35.9 Å². The second-order valence-corrected chi connectivity index (χ2v) is 6.20. The standard InChI is InChI=1S/C21H20N4O2/c1-15-12-20(25(24-15)14-18-6-4-3-5-7-18)23-21(26)16(2)27-19-10-8-17(13-22)9-11-19/h3-12,16H,14H2,1-2H3,(H,23,26). The number of benzene rings is 2. The quantitative estimate of drug-likeness (QED) is 0.729. The first kappa shape index (κ1) is 18.2. The smallest absolute Gasteiger partial charge is 0.266 e. The van der Waals surface area contributed by atoms with Gasteiger partial charge in [-0.1, -0.05) is 30.3 Å². The van der Waals surface area contributed by atoms with Crippen LogP contribution < -0.4 is 10.1 Å². The predicted molar refractivity (Wildman–Crippen MR) is 102 cm³/mol. The van der Waals surface area contributed by atoms with E-state index in [-0.39, 0.29) is 5.91 Å². The zero-order valence-electron chi connectivity index (χ0n) is 15.2. The molecule has 2 aromatic carbocycles. The highest BCUT2D eigenvalue weighted by atomic mass is 16.5. The third kappa shape index (κ3) is 4.73. The summed E-state index contributed by atoms with van der Waals surface area (Å²) >= 11 is 0. The molecule has 0 aliphatic heterocycles. The first-order chi connectivity index (χ1) is 13.0. The summed E-state index contributed by atoms with van der Waals surface area (Å²) in [5.41, 5.74) is 2.46. The molecular formula is C21H20N4O2. The van der Waals surface area contributed by atoms with Gasteiger partial charge in [-0.3, -0.25) is 4.79 Å². The molecule has 1 N–H and O–H groups in total. The Morgan fingerprint density at radius 3 is 2.59 bits per heavy atom. The number of hydrogen-bond acceptors (Lipinski definition) is 4. The van der Waals surface area contributed by atoms with Crippen LogP contribution in [0.2, 0.25) is 0 Å². The molecule has 1 unspecified atom stereocenters. The maximum absolute atomic E-state index is 12.5. The van der Waals surface area contributed by atoms with Gasteiger partial charge in [-0.05, 0) is 43.7 Å². The van der Waals surface area contributed by atoms with Crippen molar-refractivity contribution in [3.05, 3.63) is 77.5 Å². The Kier molecular flexibility index (Phi) is 5.53. The average Bonchev–Trinajstić information content (AvgIpc) is 3.01. The van der Waals surface area contributed by atoms with Crippen LogP contribution in [0.15, 0.2) is 60.7 Å². The van der Waals surface area contributed by atoms with E-state index in [1.807, 2.05) is 49.4 Å². The van der Waals surface area contributed by atoms with Crippen LogP contribution in [0, 0.1) is 18.3 Å². The van der Waals surface area contributed by atoms with Crippen LogP contribution in [-0.2, 0) is 11.3 Å². The average molecular weight is 360 g/mol. The van der Waals surface area contributed by atoms with E-state index >= 15 is 0 Å². The minimum Gasteiger partial charge on any atom is -0.481 e. The number of nitrogens with one attached hydrogen (secondary N) is 1. The zero-order valence-corrected chi connectivity index (χ0v) is 15.2. The minimum absolute atomic E-state index is 0.270. The molecule has 0 spiro atoms. The van der Waals surface area contributed by atoms with Crippen molar-refractivity contribution in [1.82, 2.24) is 9.78 Å². The monoisotopic (exact) mass is 360 g/mol. The van der Waals surface area contributed by atoms with Crippen molar-refractivity contribution in [1.29, 1.82) is 5.26 Å². The molecule has 0 radical (unpaired) electrons. The van der Waals surface area contributed by atoms with Crippen LogP contribution in [0.3, 0.4) is 0 Å². The highest BCUT2D eigenvalue weighted by Crippen LogP contribution is 2.16. The Hall–Kier alpha value is -3.59. The number of aromatic nitrogens is 2. The van der Waals surface area contributed by atoms with Gasteiger partial charge < -0.3 is 10.1 Å².